The molecule has 0 fully saturated rings. The minimum atomic E-state index is -4.13. The first-order valence-corrected chi connectivity index (χ1v) is 17.3. The number of nitrogens with one attached hydrogen (secondary N) is 1. The standard InChI is InChI=1S/C36H40BrN3O4S/c1-4-28-17-21-32(22-18-28)40(45(43,44)33-13-9-6-10-14-33)26-35(41)39(25-30-15-19-31(37)20-16-30)34(36(42)38-24-27(2)3)23-29-11-7-5-8-12-29/h5-22,27,34H,4,23-26H2,1-3H3,(H,38,42)/t34-/m1/s1. The van der Waals surface area contributed by atoms with E-state index in [0.29, 0.717) is 12.2 Å². The Bertz CT molecular complexity index is 1650. The van der Waals surface area contributed by atoms with Crippen LogP contribution in [-0.4, -0.2) is 44.3 Å². The average molecular weight is 691 g/mol. The van der Waals surface area contributed by atoms with Crippen LogP contribution >= 0.6 is 15.9 Å². The van der Waals surface area contributed by atoms with E-state index in [1.54, 1.807) is 30.3 Å². The molecule has 0 unspecified atom stereocenters. The number of benzene rings is 4. The lowest BCUT2D eigenvalue weighted by atomic mass is 10.0. The fourth-order valence-corrected chi connectivity index (χ4v) is 6.61. The molecule has 0 saturated heterocycles. The third-order valence-electron chi connectivity index (χ3n) is 7.46. The quantitative estimate of drug-likeness (QED) is 0.161. The van der Waals surface area contributed by atoms with Gasteiger partial charge >= 0.3 is 0 Å². The van der Waals surface area contributed by atoms with Crippen LogP contribution in [0.15, 0.2) is 119 Å². The van der Waals surface area contributed by atoms with E-state index < -0.39 is 28.5 Å². The number of carbonyl (C=O) groups excluding carboxylic acids is 2. The van der Waals surface area contributed by atoms with Gasteiger partial charge in [0, 0.05) is 24.0 Å². The van der Waals surface area contributed by atoms with E-state index in [9.17, 15) is 18.0 Å². The molecule has 0 aromatic heterocycles. The number of hydrogen-bond donors (Lipinski definition) is 1. The van der Waals surface area contributed by atoms with Crippen molar-refractivity contribution in [1.29, 1.82) is 0 Å². The lowest BCUT2D eigenvalue weighted by molar-refractivity contribution is -0.140. The zero-order chi connectivity index (χ0) is 32.4. The molecule has 0 saturated carbocycles. The van der Waals surface area contributed by atoms with Gasteiger partial charge in [-0.1, -0.05) is 109 Å². The van der Waals surface area contributed by atoms with Crippen LogP contribution in [0, 0.1) is 5.92 Å². The van der Waals surface area contributed by atoms with Gasteiger partial charge in [-0.15, -0.1) is 0 Å². The molecule has 0 radical (unpaired) electrons. The van der Waals surface area contributed by atoms with Crippen LogP contribution in [0.2, 0.25) is 0 Å². The molecule has 1 atom stereocenters. The van der Waals surface area contributed by atoms with E-state index in [2.05, 4.69) is 21.2 Å². The molecule has 4 aromatic rings. The molecular formula is C36H40BrN3O4S. The van der Waals surface area contributed by atoms with E-state index in [1.165, 1.54) is 17.0 Å². The number of aryl methyl sites for hydroxylation is 1. The molecule has 4 rings (SSSR count). The van der Waals surface area contributed by atoms with Gasteiger partial charge < -0.3 is 10.2 Å². The van der Waals surface area contributed by atoms with Gasteiger partial charge in [-0.3, -0.25) is 13.9 Å². The van der Waals surface area contributed by atoms with Crippen molar-refractivity contribution >= 4 is 43.5 Å². The van der Waals surface area contributed by atoms with Crippen LogP contribution in [0.3, 0.4) is 0 Å². The van der Waals surface area contributed by atoms with Crippen molar-refractivity contribution in [3.63, 3.8) is 0 Å². The molecule has 4 aromatic carbocycles. The van der Waals surface area contributed by atoms with Crippen LogP contribution in [0.1, 0.15) is 37.5 Å². The molecule has 0 heterocycles. The maximum atomic E-state index is 14.5. The van der Waals surface area contributed by atoms with Crippen molar-refractivity contribution in [2.24, 2.45) is 5.92 Å². The van der Waals surface area contributed by atoms with Crippen molar-refractivity contribution in [3.8, 4) is 0 Å². The molecular weight excluding hydrogens is 650 g/mol. The number of anilines is 1. The molecule has 1 N–H and O–H groups in total. The van der Waals surface area contributed by atoms with E-state index in [0.717, 1.165) is 31.9 Å². The van der Waals surface area contributed by atoms with E-state index in [-0.39, 0.29) is 29.7 Å². The lowest BCUT2D eigenvalue weighted by Crippen LogP contribution is -2.53. The number of amides is 2. The van der Waals surface area contributed by atoms with Crippen molar-refractivity contribution in [2.75, 3.05) is 17.4 Å². The van der Waals surface area contributed by atoms with Crippen molar-refractivity contribution in [3.05, 3.63) is 130 Å². The number of nitrogens with zero attached hydrogens (tertiary/aromatic N) is 2. The summed E-state index contributed by atoms with van der Waals surface area (Å²) in [5.74, 6) is -0.569. The lowest BCUT2D eigenvalue weighted by Gasteiger charge is -2.34. The van der Waals surface area contributed by atoms with Gasteiger partial charge in [0.05, 0.1) is 10.6 Å². The molecule has 9 heteroatoms. The molecule has 0 aliphatic carbocycles. The smallest absolute Gasteiger partial charge is 0.264 e. The maximum absolute atomic E-state index is 14.5. The Morgan fingerprint density at radius 3 is 1.93 bits per heavy atom. The number of hydrogen-bond acceptors (Lipinski definition) is 4. The molecule has 0 bridgehead atoms. The molecule has 2 amide bonds. The Morgan fingerprint density at radius 1 is 0.778 bits per heavy atom. The first kappa shape index (κ1) is 33.9. The maximum Gasteiger partial charge on any atom is 0.264 e. The SMILES string of the molecule is CCc1ccc(N(CC(=O)N(Cc2ccc(Br)cc2)[C@H](Cc2ccccc2)C(=O)NCC(C)C)S(=O)(=O)c2ccccc2)cc1. The van der Waals surface area contributed by atoms with Crippen LogP contribution < -0.4 is 9.62 Å². The number of halogens is 1. The Kier molecular flexibility index (Phi) is 12.0. The first-order chi connectivity index (χ1) is 21.6. The first-order valence-electron chi connectivity index (χ1n) is 15.1. The zero-order valence-electron chi connectivity index (χ0n) is 25.9. The average Bonchev–Trinajstić information content (AvgIpc) is 3.05. The van der Waals surface area contributed by atoms with Crippen molar-refractivity contribution < 1.29 is 18.0 Å². The summed E-state index contributed by atoms with van der Waals surface area (Å²) in [4.78, 5) is 29.9. The predicted octanol–water partition coefficient (Wildman–Crippen LogP) is 6.62. The fourth-order valence-electron chi connectivity index (χ4n) is 4.91. The molecule has 0 spiro atoms. The summed E-state index contributed by atoms with van der Waals surface area (Å²) in [6.45, 7) is 6.12. The van der Waals surface area contributed by atoms with Crippen LogP contribution in [0.5, 0.6) is 0 Å². The van der Waals surface area contributed by atoms with E-state index in [4.69, 9.17) is 0 Å². The van der Waals surface area contributed by atoms with Gasteiger partial charge in [0.1, 0.15) is 12.6 Å². The summed E-state index contributed by atoms with van der Waals surface area (Å²) in [5.41, 5.74) is 3.12. The van der Waals surface area contributed by atoms with Crippen molar-refractivity contribution in [1.82, 2.24) is 10.2 Å². The minimum absolute atomic E-state index is 0.0762. The van der Waals surface area contributed by atoms with Gasteiger partial charge in [0.15, 0.2) is 0 Å². The Labute approximate surface area is 275 Å². The third kappa shape index (κ3) is 9.28. The normalized spacial score (nSPS) is 12.0. The summed E-state index contributed by atoms with van der Waals surface area (Å²) in [5, 5.41) is 3.01. The van der Waals surface area contributed by atoms with Gasteiger partial charge in [0.25, 0.3) is 10.0 Å². The molecule has 236 valence electrons. The molecule has 0 aliphatic heterocycles. The van der Waals surface area contributed by atoms with E-state index >= 15 is 0 Å². The summed E-state index contributed by atoms with van der Waals surface area (Å²) in [6.07, 6.45) is 1.06. The van der Waals surface area contributed by atoms with Gasteiger partial charge in [-0.05, 0) is 65.4 Å². The summed E-state index contributed by atoms with van der Waals surface area (Å²) in [6, 6.07) is 31.5. The highest BCUT2D eigenvalue weighted by Crippen LogP contribution is 2.26. The summed E-state index contributed by atoms with van der Waals surface area (Å²) >= 11 is 3.47. The second kappa shape index (κ2) is 15.9. The van der Waals surface area contributed by atoms with Crippen LogP contribution in [0.4, 0.5) is 5.69 Å². The topological polar surface area (TPSA) is 86.8 Å². The largest absolute Gasteiger partial charge is 0.354 e. The zero-order valence-corrected chi connectivity index (χ0v) is 28.3. The Balaban J connectivity index is 1.78. The van der Waals surface area contributed by atoms with Crippen molar-refractivity contribution in [2.45, 2.75) is 51.1 Å². The molecule has 0 aliphatic rings. The summed E-state index contributed by atoms with van der Waals surface area (Å²) in [7, 11) is -4.13. The van der Waals surface area contributed by atoms with Crippen LogP contribution in [0.25, 0.3) is 0 Å². The van der Waals surface area contributed by atoms with Gasteiger partial charge in [-0.2, -0.15) is 0 Å². The molecule has 7 nitrogen and oxygen atoms in total. The highest BCUT2D eigenvalue weighted by atomic mass is 79.9. The second-order valence-electron chi connectivity index (χ2n) is 11.3. The van der Waals surface area contributed by atoms with Crippen LogP contribution in [-0.2, 0) is 39.0 Å². The highest BCUT2D eigenvalue weighted by Gasteiger charge is 2.34. The second-order valence-corrected chi connectivity index (χ2v) is 14.1. The number of rotatable bonds is 14. The minimum Gasteiger partial charge on any atom is -0.354 e. The molecule has 45 heavy (non-hydrogen) atoms. The Morgan fingerprint density at radius 2 is 1.36 bits per heavy atom. The van der Waals surface area contributed by atoms with Gasteiger partial charge in [0.2, 0.25) is 11.8 Å². The summed E-state index contributed by atoms with van der Waals surface area (Å²) < 4.78 is 30.2. The third-order valence-corrected chi connectivity index (χ3v) is 9.78. The number of carbonyl (C=O) groups is 2. The fraction of sp³-hybridized carbons (Fsp3) is 0.278. The van der Waals surface area contributed by atoms with E-state index in [1.807, 2.05) is 87.5 Å². The van der Waals surface area contributed by atoms with Gasteiger partial charge in [-0.25, -0.2) is 8.42 Å². The predicted molar refractivity (Wildman–Crippen MR) is 183 cm³/mol. The monoisotopic (exact) mass is 689 g/mol. The number of sulfonamides is 1. The Hall–Kier alpha value is -3.95. The highest BCUT2D eigenvalue weighted by molar-refractivity contribution is 9.10.